The number of hydrogen-bond donors (Lipinski definition) is 1. The van der Waals surface area contributed by atoms with Gasteiger partial charge >= 0.3 is 0 Å². The summed E-state index contributed by atoms with van der Waals surface area (Å²) < 4.78 is 15.2. The molecule has 1 aromatic heterocycles. The molecule has 0 atom stereocenters. The zero-order valence-corrected chi connectivity index (χ0v) is 18.0. The quantitative estimate of drug-likeness (QED) is 0.163. The summed E-state index contributed by atoms with van der Waals surface area (Å²) in [4.78, 5) is 33.8. The van der Waals surface area contributed by atoms with Crippen molar-refractivity contribution in [2.75, 3.05) is 12.3 Å². The number of aromatic nitrogens is 3. The minimum Gasteiger partial charge on any atom is -0.356 e. The smallest absolute Gasteiger partial charge is 0.269 e. The molecule has 0 aliphatic rings. The topological polar surface area (TPSA) is 120 Å². The number of carbonyl (C=O) groups is 2. The van der Waals surface area contributed by atoms with Crippen molar-refractivity contribution in [1.29, 1.82) is 0 Å². The van der Waals surface area contributed by atoms with Gasteiger partial charge in [0.1, 0.15) is 11.6 Å². The van der Waals surface area contributed by atoms with Crippen LogP contribution in [-0.4, -0.2) is 43.7 Å². The standard InChI is InChI=1S/C21H20FN5O4S/c1-14(28)23-12-2-3-20-24-25-21(26(20)17-10-6-16(22)7-11-17)32-13-19(29)15-4-8-18(9-5-15)27(30)31/h4-11H,2-3,12-13H2,1H3,(H,23,28). The Bertz CT molecular complexity index is 1120. The van der Waals surface area contributed by atoms with E-state index < -0.39 is 4.92 Å². The molecular weight excluding hydrogens is 437 g/mol. The fraction of sp³-hybridized carbons (Fsp3) is 0.238. The van der Waals surface area contributed by atoms with Crippen LogP contribution in [0.1, 0.15) is 29.5 Å². The van der Waals surface area contributed by atoms with Gasteiger partial charge in [0.15, 0.2) is 10.9 Å². The van der Waals surface area contributed by atoms with E-state index in [-0.39, 0.29) is 28.9 Å². The molecule has 0 unspecified atom stereocenters. The van der Waals surface area contributed by atoms with Gasteiger partial charge in [-0.25, -0.2) is 4.39 Å². The van der Waals surface area contributed by atoms with E-state index in [1.165, 1.54) is 55.1 Å². The molecule has 0 fully saturated rings. The first-order valence-electron chi connectivity index (χ1n) is 9.70. The summed E-state index contributed by atoms with van der Waals surface area (Å²) in [5.74, 6) is -0.0520. The number of benzene rings is 2. The van der Waals surface area contributed by atoms with Crippen molar-refractivity contribution in [3.63, 3.8) is 0 Å². The Balaban J connectivity index is 1.76. The zero-order chi connectivity index (χ0) is 23.1. The van der Waals surface area contributed by atoms with Crippen LogP contribution in [0.2, 0.25) is 0 Å². The minimum absolute atomic E-state index is 0.0447. The fourth-order valence-electron chi connectivity index (χ4n) is 2.90. The van der Waals surface area contributed by atoms with Crippen LogP contribution in [0, 0.1) is 15.9 Å². The Morgan fingerprint density at radius 2 is 1.81 bits per heavy atom. The second kappa shape index (κ2) is 10.6. The summed E-state index contributed by atoms with van der Waals surface area (Å²) in [6.45, 7) is 1.92. The maximum absolute atomic E-state index is 13.4. The highest BCUT2D eigenvalue weighted by molar-refractivity contribution is 7.99. The van der Waals surface area contributed by atoms with Gasteiger partial charge < -0.3 is 5.32 Å². The van der Waals surface area contributed by atoms with Gasteiger partial charge in [-0.15, -0.1) is 10.2 Å². The van der Waals surface area contributed by atoms with E-state index in [9.17, 15) is 24.1 Å². The van der Waals surface area contributed by atoms with Gasteiger partial charge in [0, 0.05) is 43.3 Å². The third-order valence-corrected chi connectivity index (χ3v) is 5.40. The van der Waals surface area contributed by atoms with Gasteiger partial charge in [-0.2, -0.15) is 0 Å². The SMILES string of the molecule is CC(=O)NCCCc1nnc(SCC(=O)c2ccc([N+](=O)[O-])cc2)n1-c1ccc(F)cc1. The first kappa shape index (κ1) is 23.1. The van der Waals surface area contributed by atoms with Gasteiger partial charge in [-0.3, -0.25) is 24.3 Å². The Labute approximate surface area is 187 Å². The molecule has 1 amide bonds. The number of nitrogens with one attached hydrogen (secondary N) is 1. The Morgan fingerprint density at radius 1 is 1.12 bits per heavy atom. The highest BCUT2D eigenvalue weighted by atomic mass is 32.2. The molecule has 1 N–H and O–H groups in total. The average Bonchev–Trinajstić information content (AvgIpc) is 3.18. The van der Waals surface area contributed by atoms with Gasteiger partial charge in [-0.1, -0.05) is 11.8 Å². The predicted octanol–water partition coefficient (Wildman–Crippen LogP) is 3.36. The molecule has 32 heavy (non-hydrogen) atoms. The molecular formula is C21H20FN5O4S. The maximum atomic E-state index is 13.4. The summed E-state index contributed by atoms with van der Waals surface area (Å²) in [5, 5.41) is 22.3. The number of halogens is 1. The zero-order valence-electron chi connectivity index (χ0n) is 17.2. The van der Waals surface area contributed by atoms with Crippen LogP contribution in [0.15, 0.2) is 53.7 Å². The van der Waals surface area contributed by atoms with E-state index in [1.54, 1.807) is 16.7 Å². The summed E-state index contributed by atoms with van der Waals surface area (Å²) in [7, 11) is 0. The number of Topliss-reactive ketones (excluding diaryl/α,β-unsaturated/α-hetero) is 1. The summed E-state index contributed by atoms with van der Waals surface area (Å²) in [5.41, 5.74) is 0.914. The number of nitro benzene ring substituents is 1. The number of hydrogen-bond acceptors (Lipinski definition) is 7. The minimum atomic E-state index is -0.526. The molecule has 2 aromatic carbocycles. The van der Waals surface area contributed by atoms with Crippen LogP contribution in [0.4, 0.5) is 10.1 Å². The Hall–Kier alpha value is -3.60. The van der Waals surface area contributed by atoms with Crippen LogP contribution in [-0.2, 0) is 11.2 Å². The van der Waals surface area contributed by atoms with Gasteiger partial charge in [0.25, 0.3) is 5.69 Å². The first-order valence-corrected chi connectivity index (χ1v) is 10.7. The molecule has 0 saturated heterocycles. The lowest BCUT2D eigenvalue weighted by molar-refractivity contribution is -0.384. The molecule has 0 aliphatic heterocycles. The molecule has 0 radical (unpaired) electrons. The van der Waals surface area contributed by atoms with Crippen molar-refractivity contribution < 1.29 is 18.9 Å². The lowest BCUT2D eigenvalue weighted by Gasteiger charge is -2.10. The van der Waals surface area contributed by atoms with E-state index in [2.05, 4.69) is 15.5 Å². The van der Waals surface area contributed by atoms with Crippen molar-refractivity contribution in [1.82, 2.24) is 20.1 Å². The van der Waals surface area contributed by atoms with Crippen LogP contribution < -0.4 is 5.32 Å². The van der Waals surface area contributed by atoms with Gasteiger partial charge in [0.05, 0.1) is 10.7 Å². The third-order valence-electron chi connectivity index (χ3n) is 4.47. The lowest BCUT2D eigenvalue weighted by atomic mass is 10.1. The van der Waals surface area contributed by atoms with Crippen molar-refractivity contribution >= 4 is 29.1 Å². The van der Waals surface area contributed by atoms with Gasteiger partial charge in [-0.05, 0) is 42.8 Å². The molecule has 0 bridgehead atoms. The van der Waals surface area contributed by atoms with Crippen LogP contribution in [0.5, 0.6) is 0 Å². The number of thioether (sulfide) groups is 1. The van der Waals surface area contributed by atoms with Crippen LogP contribution in [0.3, 0.4) is 0 Å². The average molecular weight is 457 g/mol. The van der Waals surface area contributed by atoms with Crippen molar-refractivity contribution in [2.24, 2.45) is 0 Å². The molecule has 3 aromatic rings. The van der Waals surface area contributed by atoms with E-state index in [1.807, 2.05) is 0 Å². The number of ketones is 1. The normalized spacial score (nSPS) is 10.7. The summed E-state index contributed by atoms with van der Waals surface area (Å²) in [6, 6.07) is 11.2. The fourth-order valence-corrected chi connectivity index (χ4v) is 3.76. The summed E-state index contributed by atoms with van der Waals surface area (Å²) in [6.07, 6.45) is 1.15. The van der Waals surface area contributed by atoms with E-state index >= 15 is 0 Å². The highest BCUT2D eigenvalue weighted by Gasteiger charge is 2.17. The molecule has 1 heterocycles. The number of aryl methyl sites for hydroxylation is 1. The molecule has 0 saturated carbocycles. The van der Waals surface area contributed by atoms with E-state index in [4.69, 9.17) is 0 Å². The van der Waals surface area contributed by atoms with Crippen LogP contribution >= 0.6 is 11.8 Å². The van der Waals surface area contributed by atoms with Gasteiger partial charge in [0.2, 0.25) is 5.91 Å². The summed E-state index contributed by atoms with van der Waals surface area (Å²) >= 11 is 1.17. The number of amides is 1. The predicted molar refractivity (Wildman–Crippen MR) is 116 cm³/mol. The molecule has 0 aliphatic carbocycles. The van der Waals surface area contributed by atoms with Crippen molar-refractivity contribution in [3.8, 4) is 5.69 Å². The van der Waals surface area contributed by atoms with Crippen molar-refractivity contribution in [2.45, 2.75) is 24.9 Å². The monoisotopic (exact) mass is 457 g/mol. The molecule has 3 rings (SSSR count). The molecule has 9 nitrogen and oxygen atoms in total. The molecule has 0 spiro atoms. The Kier molecular flexibility index (Phi) is 7.66. The number of nitrogens with zero attached hydrogens (tertiary/aromatic N) is 4. The first-order chi connectivity index (χ1) is 15.3. The number of non-ortho nitro benzene ring substituents is 1. The largest absolute Gasteiger partial charge is 0.356 e. The second-order valence-electron chi connectivity index (χ2n) is 6.81. The third kappa shape index (κ3) is 5.97. The van der Waals surface area contributed by atoms with E-state index in [0.717, 1.165) is 0 Å². The highest BCUT2D eigenvalue weighted by Crippen LogP contribution is 2.24. The molecule has 166 valence electrons. The lowest BCUT2D eigenvalue weighted by Crippen LogP contribution is -2.21. The number of carbonyl (C=O) groups excluding carboxylic acids is 2. The maximum Gasteiger partial charge on any atom is 0.269 e. The van der Waals surface area contributed by atoms with Crippen LogP contribution in [0.25, 0.3) is 5.69 Å². The number of nitro groups is 1. The van der Waals surface area contributed by atoms with E-state index in [0.29, 0.717) is 41.6 Å². The Morgan fingerprint density at radius 3 is 2.44 bits per heavy atom. The van der Waals surface area contributed by atoms with Crippen molar-refractivity contribution in [3.05, 3.63) is 75.9 Å². The molecule has 11 heteroatoms. The number of rotatable bonds is 10. The second-order valence-corrected chi connectivity index (χ2v) is 7.76.